The second-order valence-electron chi connectivity index (χ2n) is 2.67. The fourth-order valence-corrected chi connectivity index (χ4v) is 1.14. The van der Waals surface area contributed by atoms with E-state index in [9.17, 15) is 0 Å². The summed E-state index contributed by atoms with van der Waals surface area (Å²) in [6.45, 7) is 2.50. The highest BCUT2D eigenvalue weighted by Gasteiger charge is 2.09. The minimum absolute atomic E-state index is 0.124. The lowest BCUT2D eigenvalue weighted by molar-refractivity contribution is 0.298. The largest absolute Gasteiger partial charge is 0.490 e. The number of para-hydroxylation sites is 1. The van der Waals surface area contributed by atoms with Crippen molar-refractivity contribution < 1.29 is 9.47 Å². The third kappa shape index (κ3) is 2.65. The Kier molecular flexibility index (Phi) is 4.06. The Morgan fingerprint density at radius 2 is 2.20 bits per heavy atom. The van der Waals surface area contributed by atoms with Gasteiger partial charge in [-0.3, -0.25) is 0 Å². The quantitative estimate of drug-likeness (QED) is 0.699. The van der Waals surface area contributed by atoms with Crippen LogP contribution in [-0.2, 0) is 0 Å². The van der Waals surface area contributed by atoms with Crippen molar-refractivity contribution in [2.24, 2.45) is 0 Å². The number of benzene rings is 1. The number of ether oxygens (including phenoxy) is 2. The van der Waals surface area contributed by atoms with E-state index in [1.165, 1.54) is 0 Å². The predicted molar refractivity (Wildman–Crippen MR) is 56.7 cm³/mol. The van der Waals surface area contributed by atoms with E-state index in [2.05, 4.69) is 5.92 Å². The molecular formula is C12H11NO2. The summed E-state index contributed by atoms with van der Waals surface area (Å²) in [5.41, 5.74) is 0.427. The highest BCUT2D eigenvalue weighted by Crippen LogP contribution is 2.30. The average Bonchev–Trinajstić information content (AvgIpc) is 2.27. The van der Waals surface area contributed by atoms with Crippen LogP contribution in [-0.4, -0.2) is 13.2 Å². The molecule has 0 aliphatic rings. The smallest absolute Gasteiger partial charge is 0.180 e. The number of rotatable bonds is 4. The molecule has 0 aliphatic heterocycles. The van der Waals surface area contributed by atoms with E-state index in [0.29, 0.717) is 23.7 Å². The van der Waals surface area contributed by atoms with Crippen LogP contribution in [0.4, 0.5) is 0 Å². The molecule has 0 aromatic heterocycles. The van der Waals surface area contributed by atoms with Crippen molar-refractivity contribution in [3.8, 4) is 29.9 Å². The van der Waals surface area contributed by atoms with Gasteiger partial charge in [0.2, 0.25) is 0 Å². The minimum atomic E-state index is 0.124. The molecule has 1 rings (SSSR count). The van der Waals surface area contributed by atoms with Gasteiger partial charge in [0.05, 0.1) is 12.2 Å². The molecule has 0 saturated carbocycles. The molecule has 0 spiro atoms. The van der Waals surface area contributed by atoms with Crippen LogP contribution in [0.25, 0.3) is 0 Å². The summed E-state index contributed by atoms with van der Waals surface area (Å²) in [4.78, 5) is 0. The summed E-state index contributed by atoms with van der Waals surface area (Å²) < 4.78 is 10.6. The molecular weight excluding hydrogens is 190 g/mol. The third-order valence-corrected chi connectivity index (χ3v) is 1.70. The van der Waals surface area contributed by atoms with E-state index < -0.39 is 0 Å². The van der Waals surface area contributed by atoms with Gasteiger partial charge in [0, 0.05) is 0 Å². The molecule has 0 fully saturated rings. The van der Waals surface area contributed by atoms with Gasteiger partial charge < -0.3 is 9.47 Å². The molecule has 0 heterocycles. The van der Waals surface area contributed by atoms with Gasteiger partial charge in [-0.25, -0.2) is 0 Å². The zero-order valence-electron chi connectivity index (χ0n) is 8.49. The van der Waals surface area contributed by atoms with Crippen LogP contribution in [0, 0.1) is 23.7 Å². The van der Waals surface area contributed by atoms with E-state index in [0.717, 1.165) is 0 Å². The van der Waals surface area contributed by atoms with Crippen molar-refractivity contribution in [2.45, 2.75) is 6.92 Å². The highest BCUT2D eigenvalue weighted by molar-refractivity contribution is 5.52. The van der Waals surface area contributed by atoms with E-state index in [1.54, 1.807) is 18.2 Å². The maximum Gasteiger partial charge on any atom is 0.180 e. The maximum absolute atomic E-state index is 8.87. The summed E-state index contributed by atoms with van der Waals surface area (Å²) >= 11 is 0. The van der Waals surface area contributed by atoms with E-state index in [4.69, 9.17) is 21.2 Å². The summed E-state index contributed by atoms with van der Waals surface area (Å²) in [6.07, 6.45) is 5.09. The van der Waals surface area contributed by atoms with Crippen LogP contribution in [0.1, 0.15) is 12.5 Å². The maximum atomic E-state index is 8.87. The van der Waals surface area contributed by atoms with Gasteiger partial charge in [0.25, 0.3) is 0 Å². The first-order chi connectivity index (χ1) is 7.33. The molecule has 0 unspecified atom stereocenters. The molecule has 15 heavy (non-hydrogen) atoms. The molecule has 0 N–H and O–H groups in total. The lowest BCUT2D eigenvalue weighted by Crippen LogP contribution is -2.00. The first kappa shape index (κ1) is 10.9. The van der Waals surface area contributed by atoms with Gasteiger partial charge in [-0.2, -0.15) is 5.26 Å². The second kappa shape index (κ2) is 5.57. The monoisotopic (exact) mass is 201 g/mol. The fourth-order valence-electron chi connectivity index (χ4n) is 1.14. The predicted octanol–water partition coefficient (Wildman–Crippen LogP) is 1.97. The summed E-state index contributed by atoms with van der Waals surface area (Å²) in [5.74, 6) is 3.31. The van der Waals surface area contributed by atoms with Gasteiger partial charge in [0.15, 0.2) is 11.5 Å². The summed E-state index contributed by atoms with van der Waals surface area (Å²) in [7, 11) is 0. The number of nitrogens with zero attached hydrogens (tertiary/aromatic N) is 1. The van der Waals surface area contributed by atoms with Gasteiger partial charge >= 0.3 is 0 Å². The zero-order chi connectivity index (χ0) is 11.1. The number of hydrogen-bond acceptors (Lipinski definition) is 3. The van der Waals surface area contributed by atoms with Gasteiger partial charge in [-0.1, -0.05) is 12.0 Å². The van der Waals surface area contributed by atoms with E-state index in [-0.39, 0.29) is 6.61 Å². The standard InChI is InChI=1S/C12H11NO2/c1-3-8-15-12-10(9-13)6-5-7-11(12)14-4-2/h1,5-7H,4,8H2,2H3. The Hall–Kier alpha value is -2.13. The molecule has 0 amide bonds. The zero-order valence-corrected chi connectivity index (χ0v) is 8.49. The summed E-state index contributed by atoms with van der Waals surface area (Å²) in [5, 5.41) is 8.87. The van der Waals surface area contributed by atoms with E-state index >= 15 is 0 Å². The lowest BCUT2D eigenvalue weighted by Gasteiger charge is -2.10. The van der Waals surface area contributed by atoms with Gasteiger partial charge in [-0.05, 0) is 19.1 Å². The van der Waals surface area contributed by atoms with Crippen molar-refractivity contribution >= 4 is 0 Å². The normalized spacial score (nSPS) is 8.73. The Morgan fingerprint density at radius 1 is 1.40 bits per heavy atom. The molecule has 1 aromatic rings. The molecule has 1 aromatic carbocycles. The van der Waals surface area contributed by atoms with Gasteiger partial charge in [-0.15, -0.1) is 6.42 Å². The van der Waals surface area contributed by atoms with Crippen LogP contribution in [0.2, 0.25) is 0 Å². The third-order valence-electron chi connectivity index (χ3n) is 1.70. The number of terminal acetylenes is 1. The highest BCUT2D eigenvalue weighted by atomic mass is 16.5. The van der Waals surface area contributed by atoms with Crippen molar-refractivity contribution in [3.05, 3.63) is 23.8 Å². The molecule has 3 nitrogen and oxygen atoms in total. The first-order valence-electron chi connectivity index (χ1n) is 4.55. The van der Waals surface area contributed by atoms with Crippen LogP contribution < -0.4 is 9.47 Å². The van der Waals surface area contributed by atoms with Crippen molar-refractivity contribution in [1.82, 2.24) is 0 Å². The molecule has 0 aliphatic carbocycles. The topological polar surface area (TPSA) is 42.2 Å². The molecule has 0 bridgehead atoms. The van der Waals surface area contributed by atoms with E-state index in [1.807, 2.05) is 13.0 Å². The Morgan fingerprint density at radius 3 is 2.80 bits per heavy atom. The average molecular weight is 201 g/mol. The molecule has 3 heteroatoms. The van der Waals surface area contributed by atoms with Crippen LogP contribution >= 0.6 is 0 Å². The lowest BCUT2D eigenvalue weighted by atomic mass is 10.2. The van der Waals surface area contributed by atoms with Crippen molar-refractivity contribution in [1.29, 1.82) is 5.26 Å². The van der Waals surface area contributed by atoms with Crippen LogP contribution in [0.3, 0.4) is 0 Å². The fraction of sp³-hybridized carbons (Fsp3) is 0.250. The molecule has 0 saturated heterocycles. The second-order valence-corrected chi connectivity index (χ2v) is 2.67. The Bertz CT molecular complexity index is 413. The minimum Gasteiger partial charge on any atom is -0.490 e. The van der Waals surface area contributed by atoms with Crippen LogP contribution in [0.5, 0.6) is 11.5 Å². The Labute approximate surface area is 89.2 Å². The SMILES string of the molecule is C#CCOc1c(C#N)cccc1OCC. The molecule has 0 radical (unpaired) electrons. The molecule has 0 atom stereocenters. The Balaban J connectivity index is 3.05. The van der Waals surface area contributed by atoms with Crippen molar-refractivity contribution in [3.63, 3.8) is 0 Å². The first-order valence-corrected chi connectivity index (χ1v) is 4.55. The number of nitriles is 1. The summed E-state index contributed by atoms with van der Waals surface area (Å²) in [6, 6.07) is 7.18. The van der Waals surface area contributed by atoms with Gasteiger partial charge in [0.1, 0.15) is 12.7 Å². The molecule has 76 valence electrons. The van der Waals surface area contributed by atoms with Crippen molar-refractivity contribution in [2.75, 3.05) is 13.2 Å². The van der Waals surface area contributed by atoms with Crippen LogP contribution in [0.15, 0.2) is 18.2 Å². The number of hydrogen-bond donors (Lipinski definition) is 0.